The van der Waals surface area contributed by atoms with Crippen LogP contribution in [0.5, 0.6) is 0 Å². The van der Waals surface area contributed by atoms with Gasteiger partial charge in [-0.3, -0.25) is 0 Å². The number of rotatable bonds is 1. The molecular weight excluding hydrogens is 158 g/mol. The van der Waals surface area contributed by atoms with Gasteiger partial charge < -0.3 is 18.1 Å². The fourth-order valence-electron chi connectivity index (χ4n) is 1.30. The molecule has 0 aliphatic heterocycles. The van der Waals surface area contributed by atoms with E-state index in [0.717, 1.165) is 0 Å². The van der Waals surface area contributed by atoms with E-state index in [1.54, 1.807) is 0 Å². The van der Waals surface area contributed by atoms with E-state index >= 15 is 0 Å². The maximum absolute atomic E-state index is 5.70. The largest absolute Gasteiger partial charge is 1.00 e. The lowest BCUT2D eigenvalue weighted by Gasteiger charge is -1.94. The molecule has 0 amide bonds. The lowest BCUT2D eigenvalue weighted by Crippen LogP contribution is -3.00. The molecule has 1 saturated carbocycles. The Hall–Kier alpha value is -0.530. The SMILES string of the molecule is N[C@@H]1C[C@H]1c1ccccc1.[Cl-]. The van der Waals surface area contributed by atoms with E-state index in [2.05, 4.69) is 24.3 Å². The number of halogens is 1. The van der Waals surface area contributed by atoms with Crippen LogP contribution in [0.3, 0.4) is 0 Å². The van der Waals surface area contributed by atoms with Crippen LogP contribution in [0.1, 0.15) is 17.9 Å². The van der Waals surface area contributed by atoms with E-state index in [1.807, 2.05) is 6.07 Å². The predicted molar refractivity (Wildman–Crippen MR) is 41.8 cm³/mol. The Morgan fingerprint density at radius 1 is 1.18 bits per heavy atom. The van der Waals surface area contributed by atoms with Crippen molar-refractivity contribution < 1.29 is 12.4 Å². The smallest absolute Gasteiger partial charge is 0.0115 e. The lowest BCUT2D eigenvalue weighted by atomic mass is 10.1. The molecule has 2 heteroatoms. The summed E-state index contributed by atoms with van der Waals surface area (Å²) >= 11 is 0. The summed E-state index contributed by atoms with van der Waals surface area (Å²) in [5, 5.41) is 0. The highest BCUT2D eigenvalue weighted by atomic mass is 35.5. The van der Waals surface area contributed by atoms with Gasteiger partial charge in [0, 0.05) is 12.0 Å². The normalized spacial score (nSPS) is 27.4. The quantitative estimate of drug-likeness (QED) is 0.543. The van der Waals surface area contributed by atoms with Gasteiger partial charge in [-0.05, 0) is 12.0 Å². The number of hydrogen-bond acceptors (Lipinski definition) is 1. The molecule has 1 aromatic carbocycles. The number of benzene rings is 1. The van der Waals surface area contributed by atoms with Crippen molar-refractivity contribution in [3.8, 4) is 0 Å². The van der Waals surface area contributed by atoms with Gasteiger partial charge in [0.1, 0.15) is 0 Å². The van der Waals surface area contributed by atoms with Crippen LogP contribution in [0, 0.1) is 0 Å². The van der Waals surface area contributed by atoms with Crippen LogP contribution in [0.2, 0.25) is 0 Å². The zero-order valence-electron chi connectivity index (χ0n) is 6.20. The van der Waals surface area contributed by atoms with E-state index in [9.17, 15) is 0 Å². The molecule has 0 bridgehead atoms. The summed E-state index contributed by atoms with van der Waals surface area (Å²) in [6.45, 7) is 0. The molecule has 1 aliphatic rings. The van der Waals surface area contributed by atoms with Crippen molar-refractivity contribution in [2.75, 3.05) is 0 Å². The summed E-state index contributed by atoms with van der Waals surface area (Å²) in [6, 6.07) is 10.9. The van der Waals surface area contributed by atoms with Crippen LogP contribution in [0.15, 0.2) is 30.3 Å². The summed E-state index contributed by atoms with van der Waals surface area (Å²) < 4.78 is 0. The van der Waals surface area contributed by atoms with Crippen molar-refractivity contribution in [3.63, 3.8) is 0 Å². The summed E-state index contributed by atoms with van der Waals surface area (Å²) in [7, 11) is 0. The van der Waals surface area contributed by atoms with Gasteiger partial charge in [-0.1, -0.05) is 30.3 Å². The molecule has 2 atom stereocenters. The molecule has 1 nitrogen and oxygen atoms in total. The first-order chi connectivity index (χ1) is 4.88. The molecule has 2 N–H and O–H groups in total. The third kappa shape index (κ3) is 1.73. The topological polar surface area (TPSA) is 26.0 Å². The molecule has 0 unspecified atom stereocenters. The Morgan fingerprint density at radius 2 is 1.73 bits per heavy atom. The summed E-state index contributed by atoms with van der Waals surface area (Å²) in [6.07, 6.45) is 1.17. The van der Waals surface area contributed by atoms with E-state index in [0.29, 0.717) is 12.0 Å². The summed E-state index contributed by atoms with van der Waals surface area (Å²) in [4.78, 5) is 0. The Balaban J connectivity index is 0.000000605. The van der Waals surface area contributed by atoms with Crippen molar-refractivity contribution in [2.45, 2.75) is 18.4 Å². The van der Waals surface area contributed by atoms with Gasteiger partial charge in [-0.2, -0.15) is 0 Å². The second-order valence-electron chi connectivity index (χ2n) is 2.92. The molecular formula is C9H11ClN-. The van der Waals surface area contributed by atoms with E-state index in [4.69, 9.17) is 5.73 Å². The van der Waals surface area contributed by atoms with Crippen LogP contribution < -0.4 is 18.1 Å². The van der Waals surface area contributed by atoms with Gasteiger partial charge in [0.2, 0.25) is 0 Å². The van der Waals surface area contributed by atoms with Crippen molar-refractivity contribution in [1.29, 1.82) is 0 Å². The third-order valence-corrected chi connectivity index (χ3v) is 2.07. The average molecular weight is 169 g/mol. The first-order valence-electron chi connectivity index (χ1n) is 3.68. The second kappa shape index (κ2) is 3.24. The van der Waals surface area contributed by atoms with E-state index < -0.39 is 0 Å². The standard InChI is InChI=1S/C9H11N.ClH/c10-9-6-8(9)7-4-2-1-3-5-7;/h1-5,8-9H,6,10H2;1H/p-1/t8-,9+;/m0./s1. The average Bonchev–Trinajstić information content (AvgIpc) is 2.69. The molecule has 1 aromatic rings. The van der Waals surface area contributed by atoms with E-state index in [1.165, 1.54) is 12.0 Å². The fourth-order valence-corrected chi connectivity index (χ4v) is 1.30. The predicted octanol–water partition coefficient (Wildman–Crippen LogP) is -1.49. The maximum Gasteiger partial charge on any atom is 0.0115 e. The maximum atomic E-state index is 5.70. The molecule has 11 heavy (non-hydrogen) atoms. The zero-order chi connectivity index (χ0) is 6.97. The Kier molecular flexibility index (Phi) is 2.53. The number of nitrogens with two attached hydrogens (primary N) is 1. The molecule has 0 heterocycles. The highest BCUT2D eigenvalue weighted by molar-refractivity contribution is 5.26. The molecule has 1 fully saturated rings. The van der Waals surface area contributed by atoms with Crippen LogP contribution >= 0.6 is 0 Å². The van der Waals surface area contributed by atoms with Crippen molar-refractivity contribution in [3.05, 3.63) is 35.9 Å². The molecule has 1 aliphatic carbocycles. The van der Waals surface area contributed by atoms with Gasteiger partial charge in [-0.15, -0.1) is 0 Å². The summed E-state index contributed by atoms with van der Waals surface area (Å²) in [5.41, 5.74) is 7.10. The van der Waals surface area contributed by atoms with Crippen LogP contribution in [-0.2, 0) is 0 Å². The minimum Gasteiger partial charge on any atom is -1.00 e. The van der Waals surface area contributed by atoms with Crippen molar-refractivity contribution in [2.24, 2.45) is 5.73 Å². The molecule has 0 saturated heterocycles. The Labute approximate surface area is 73.0 Å². The van der Waals surface area contributed by atoms with E-state index in [-0.39, 0.29) is 12.4 Å². The highest BCUT2D eigenvalue weighted by Gasteiger charge is 2.34. The first kappa shape index (κ1) is 8.57. The van der Waals surface area contributed by atoms with Gasteiger partial charge in [0.25, 0.3) is 0 Å². The zero-order valence-corrected chi connectivity index (χ0v) is 6.96. The van der Waals surface area contributed by atoms with Gasteiger partial charge >= 0.3 is 0 Å². The molecule has 60 valence electrons. The monoisotopic (exact) mass is 168 g/mol. The Morgan fingerprint density at radius 3 is 2.18 bits per heavy atom. The number of hydrogen-bond donors (Lipinski definition) is 1. The fraction of sp³-hybridized carbons (Fsp3) is 0.333. The first-order valence-corrected chi connectivity index (χ1v) is 3.68. The molecule has 0 spiro atoms. The van der Waals surface area contributed by atoms with Gasteiger partial charge in [0.05, 0.1) is 0 Å². The summed E-state index contributed by atoms with van der Waals surface area (Å²) in [5.74, 6) is 0.654. The lowest BCUT2D eigenvalue weighted by molar-refractivity contribution is -0.00000213. The second-order valence-corrected chi connectivity index (χ2v) is 2.92. The minimum atomic E-state index is 0. The van der Waals surface area contributed by atoms with Crippen LogP contribution in [0.4, 0.5) is 0 Å². The Bertz CT molecular complexity index is 222. The van der Waals surface area contributed by atoms with Gasteiger partial charge in [0.15, 0.2) is 0 Å². The minimum absolute atomic E-state index is 0. The van der Waals surface area contributed by atoms with Crippen molar-refractivity contribution >= 4 is 0 Å². The highest BCUT2D eigenvalue weighted by Crippen LogP contribution is 2.38. The third-order valence-electron chi connectivity index (χ3n) is 2.07. The van der Waals surface area contributed by atoms with Crippen LogP contribution in [0.25, 0.3) is 0 Å². The molecule has 0 radical (unpaired) electrons. The van der Waals surface area contributed by atoms with Gasteiger partial charge in [-0.25, -0.2) is 0 Å². The van der Waals surface area contributed by atoms with Crippen molar-refractivity contribution in [1.82, 2.24) is 0 Å². The van der Waals surface area contributed by atoms with Crippen LogP contribution in [-0.4, -0.2) is 6.04 Å². The molecule has 2 rings (SSSR count). The molecule has 0 aromatic heterocycles.